The van der Waals surface area contributed by atoms with Gasteiger partial charge in [-0.05, 0) is 32.1 Å². The minimum atomic E-state index is 0.234. The normalized spacial score (nSPS) is 19.4. The molecule has 0 radical (unpaired) electrons. The van der Waals surface area contributed by atoms with Gasteiger partial charge in [-0.1, -0.05) is 44.8 Å². The first-order valence-electron chi connectivity index (χ1n) is 8.40. The highest BCUT2D eigenvalue weighted by atomic mass is 16.3. The van der Waals surface area contributed by atoms with Crippen LogP contribution in [-0.2, 0) is 0 Å². The predicted octanol–water partition coefficient (Wildman–Crippen LogP) is 3.78. The summed E-state index contributed by atoms with van der Waals surface area (Å²) >= 11 is 0. The van der Waals surface area contributed by atoms with Crippen LogP contribution in [0, 0.1) is 0 Å². The molecule has 20 heavy (non-hydrogen) atoms. The molecule has 0 aromatic heterocycles. The van der Waals surface area contributed by atoms with Crippen LogP contribution in [-0.4, -0.2) is 42.1 Å². The molecule has 0 bridgehead atoms. The maximum absolute atomic E-state index is 8.98. The van der Waals surface area contributed by atoms with Crippen LogP contribution in [0.25, 0.3) is 0 Å². The SMILES string of the molecule is CCCCCCC/C=C/CCCC1N=CCN1CCO. The second-order valence-corrected chi connectivity index (χ2v) is 5.64. The minimum Gasteiger partial charge on any atom is -0.395 e. The van der Waals surface area contributed by atoms with Crippen LogP contribution in [0.15, 0.2) is 17.1 Å². The van der Waals surface area contributed by atoms with Crippen molar-refractivity contribution in [2.24, 2.45) is 4.99 Å². The monoisotopic (exact) mass is 280 g/mol. The Kier molecular flexibility index (Phi) is 10.5. The summed E-state index contributed by atoms with van der Waals surface area (Å²) in [6.07, 6.45) is 18.5. The van der Waals surface area contributed by atoms with Crippen molar-refractivity contribution in [1.82, 2.24) is 4.90 Å². The van der Waals surface area contributed by atoms with Crippen LogP contribution < -0.4 is 0 Å². The maximum atomic E-state index is 8.98. The van der Waals surface area contributed by atoms with Crippen molar-refractivity contribution >= 4 is 6.21 Å². The van der Waals surface area contributed by atoms with Crippen molar-refractivity contribution in [2.75, 3.05) is 19.7 Å². The third kappa shape index (κ3) is 7.81. The Morgan fingerprint density at radius 2 is 1.90 bits per heavy atom. The summed E-state index contributed by atoms with van der Waals surface area (Å²) in [4.78, 5) is 6.72. The Labute approximate surface area is 124 Å². The van der Waals surface area contributed by atoms with E-state index in [1.807, 2.05) is 6.21 Å². The first-order valence-corrected chi connectivity index (χ1v) is 8.40. The van der Waals surface area contributed by atoms with Crippen LogP contribution in [0.3, 0.4) is 0 Å². The first-order chi connectivity index (χ1) is 9.88. The largest absolute Gasteiger partial charge is 0.395 e. The second-order valence-electron chi connectivity index (χ2n) is 5.64. The zero-order valence-corrected chi connectivity index (χ0v) is 13.1. The number of hydrogen-bond donors (Lipinski definition) is 1. The van der Waals surface area contributed by atoms with Gasteiger partial charge in [-0.15, -0.1) is 0 Å². The van der Waals surface area contributed by atoms with Crippen LogP contribution in [0.4, 0.5) is 0 Å². The van der Waals surface area contributed by atoms with Gasteiger partial charge >= 0.3 is 0 Å². The molecule has 1 atom stereocenters. The van der Waals surface area contributed by atoms with Gasteiger partial charge < -0.3 is 5.11 Å². The molecule has 1 aliphatic heterocycles. The van der Waals surface area contributed by atoms with E-state index in [-0.39, 0.29) is 6.61 Å². The van der Waals surface area contributed by atoms with Crippen molar-refractivity contribution < 1.29 is 5.11 Å². The zero-order valence-electron chi connectivity index (χ0n) is 13.1. The number of nitrogens with zero attached hydrogens (tertiary/aromatic N) is 2. The lowest BCUT2D eigenvalue weighted by atomic mass is 10.1. The van der Waals surface area contributed by atoms with Gasteiger partial charge in [0.25, 0.3) is 0 Å². The van der Waals surface area contributed by atoms with E-state index >= 15 is 0 Å². The summed E-state index contributed by atoms with van der Waals surface area (Å²) in [7, 11) is 0. The lowest BCUT2D eigenvalue weighted by molar-refractivity contribution is 0.177. The van der Waals surface area contributed by atoms with Crippen LogP contribution in [0.2, 0.25) is 0 Å². The highest BCUT2D eigenvalue weighted by Crippen LogP contribution is 2.14. The van der Waals surface area contributed by atoms with Crippen LogP contribution in [0.5, 0.6) is 0 Å². The molecule has 1 heterocycles. The lowest BCUT2D eigenvalue weighted by Crippen LogP contribution is -2.32. The summed E-state index contributed by atoms with van der Waals surface area (Å²) in [5.74, 6) is 0. The van der Waals surface area contributed by atoms with Gasteiger partial charge in [0.05, 0.1) is 6.61 Å². The highest BCUT2D eigenvalue weighted by Gasteiger charge is 2.19. The molecule has 0 saturated carbocycles. The molecule has 1 unspecified atom stereocenters. The highest BCUT2D eigenvalue weighted by molar-refractivity contribution is 5.62. The molecule has 3 heteroatoms. The Hall–Kier alpha value is -0.670. The quantitative estimate of drug-likeness (QED) is 0.436. The van der Waals surface area contributed by atoms with Gasteiger partial charge in [-0.3, -0.25) is 9.89 Å². The molecule has 1 N–H and O–H groups in total. The standard InChI is InChI=1S/C17H32N2O/c1-2-3-4-5-6-7-8-9-10-11-12-17-18-13-14-19(17)15-16-20/h8-9,13,17,20H,2-7,10-12,14-16H2,1H3/b9-8+. The molecule has 116 valence electrons. The van der Waals surface area contributed by atoms with E-state index in [9.17, 15) is 0 Å². The van der Waals surface area contributed by atoms with E-state index in [0.717, 1.165) is 25.9 Å². The van der Waals surface area contributed by atoms with Crippen molar-refractivity contribution in [3.8, 4) is 0 Å². The third-order valence-electron chi connectivity index (χ3n) is 3.88. The molecule has 0 spiro atoms. The number of allylic oxidation sites excluding steroid dienone is 2. The fraction of sp³-hybridized carbons (Fsp3) is 0.824. The molecule has 0 fully saturated rings. The number of unbranched alkanes of at least 4 members (excludes halogenated alkanes) is 6. The zero-order chi connectivity index (χ0) is 14.5. The first kappa shape index (κ1) is 17.4. The molecule has 0 aliphatic carbocycles. The second kappa shape index (κ2) is 12.1. The van der Waals surface area contributed by atoms with Crippen molar-refractivity contribution in [3.05, 3.63) is 12.2 Å². The average Bonchev–Trinajstić information content (AvgIpc) is 2.89. The molecule has 0 saturated heterocycles. The summed E-state index contributed by atoms with van der Waals surface area (Å²) in [5, 5.41) is 8.98. The lowest BCUT2D eigenvalue weighted by Gasteiger charge is -2.21. The number of aliphatic imine (C=N–C) groups is 1. The molecule has 0 aromatic rings. The topological polar surface area (TPSA) is 35.8 Å². The third-order valence-corrected chi connectivity index (χ3v) is 3.88. The van der Waals surface area contributed by atoms with E-state index in [1.165, 1.54) is 44.9 Å². The van der Waals surface area contributed by atoms with Gasteiger partial charge in [0.1, 0.15) is 6.17 Å². The average molecular weight is 280 g/mol. The van der Waals surface area contributed by atoms with E-state index < -0.39 is 0 Å². The summed E-state index contributed by atoms with van der Waals surface area (Å²) in [6.45, 7) is 4.14. The van der Waals surface area contributed by atoms with Gasteiger partial charge in [0.15, 0.2) is 0 Å². The number of rotatable bonds is 12. The minimum absolute atomic E-state index is 0.234. The summed E-state index contributed by atoms with van der Waals surface area (Å²) < 4.78 is 0. The van der Waals surface area contributed by atoms with Crippen molar-refractivity contribution in [2.45, 2.75) is 70.9 Å². The number of aliphatic hydroxyl groups excluding tert-OH is 1. The van der Waals surface area contributed by atoms with Crippen LogP contribution in [0.1, 0.15) is 64.7 Å². The molecule has 1 aliphatic rings. The molecule has 0 amide bonds. The molecule has 3 nitrogen and oxygen atoms in total. The van der Waals surface area contributed by atoms with Crippen molar-refractivity contribution in [3.63, 3.8) is 0 Å². The molecule has 1 rings (SSSR count). The van der Waals surface area contributed by atoms with E-state index in [2.05, 4.69) is 29.0 Å². The smallest absolute Gasteiger partial charge is 0.102 e. The van der Waals surface area contributed by atoms with Gasteiger partial charge in [0, 0.05) is 19.3 Å². The van der Waals surface area contributed by atoms with E-state index in [1.54, 1.807) is 0 Å². The van der Waals surface area contributed by atoms with E-state index in [4.69, 9.17) is 5.11 Å². The summed E-state index contributed by atoms with van der Waals surface area (Å²) in [6, 6.07) is 0. The van der Waals surface area contributed by atoms with Crippen LogP contribution >= 0.6 is 0 Å². The number of aliphatic hydroxyl groups is 1. The number of hydrogen-bond acceptors (Lipinski definition) is 3. The Morgan fingerprint density at radius 3 is 2.65 bits per heavy atom. The predicted molar refractivity (Wildman–Crippen MR) is 87.3 cm³/mol. The Bertz CT molecular complexity index is 276. The Morgan fingerprint density at radius 1 is 1.15 bits per heavy atom. The maximum Gasteiger partial charge on any atom is 0.102 e. The van der Waals surface area contributed by atoms with Crippen molar-refractivity contribution in [1.29, 1.82) is 0 Å². The van der Waals surface area contributed by atoms with Gasteiger partial charge in [-0.25, -0.2) is 0 Å². The number of β-amino-alcohol motifs (C(OH)–C–C–N with tert-alkyl or cyclic N) is 1. The fourth-order valence-electron chi connectivity index (χ4n) is 2.64. The fourth-order valence-corrected chi connectivity index (χ4v) is 2.64. The Balaban J connectivity index is 1.94. The molecular weight excluding hydrogens is 248 g/mol. The molecule has 0 aromatic carbocycles. The van der Waals surface area contributed by atoms with E-state index in [0.29, 0.717) is 6.17 Å². The van der Waals surface area contributed by atoms with Gasteiger partial charge in [0.2, 0.25) is 0 Å². The summed E-state index contributed by atoms with van der Waals surface area (Å²) in [5.41, 5.74) is 0. The van der Waals surface area contributed by atoms with Gasteiger partial charge in [-0.2, -0.15) is 0 Å². The molecular formula is C17H32N2O.